The molecular weight excluding hydrogens is 416 g/mol. The van der Waals surface area contributed by atoms with Gasteiger partial charge >= 0.3 is 6.03 Å². The monoisotopic (exact) mass is 432 g/mol. The van der Waals surface area contributed by atoms with Crippen molar-refractivity contribution in [3.63, 3.8) is 0 Å². The van der Waals surface area contributed by atoms with Crippen LogP contribution >= 0.6 is 15.9 Å². The van der Waals surface area contributed by atoms with Gasteiger partial charge < -0.3 is 15.5 Å². The maximum Gasteiger partial charge on any atom is 0.319 e. The first-order valence-electron chi connectivity index (χ1n) is 8.32. The van der Waals surface area contributed by atoms with Crippen molar-refractivity contribution >= 4 is 44.9 Å². The number of carbonyl (C=O) groups excluding carboxylic acids is 2. The van der Waals surface area contributed by atoms with Crippen LogP contribution in [0.15, 0.2) is 46.9 Å². The van der Waals surface area contributed by atoms with Crippen molar-refractivity contribution in [1.29, 1.82) is 0 Å². The fraction of sp³-hybridized carbons (Fsp3) is 0.222. The summed E-state index contributed by atoms with van der Waals surface area (Å²) in [5, 5.41) is 16.3. The molecule has 1 aliphatic rings. The van der Waals surface area contributed by atoms with Gasteiger partial charge in [-0.1, -0.05) is 22.0 Å². The normalized spacial score (nSPS) is 12.4. The maximum atomic E-state index is 12.4. The summed E-state index contributed by atoms with van der Waals surface area (Å²) in [4.78, 5) is 36.3. The number of urea groups is 1. The van der Waals surface area contributed by atoms with E-state index in [9.17, 15) is 19.7 Å². The number of rotatable bonds is 5. The molecule has 0 atom stereocenters. The van der Waals surface area contributed by atoms with E-state index in [0.717, 1.165) is 10.0 Å². The van der Waals surface area contributed by atoms with Crippen molar-refractivity contribution in [2.75, 3.05) is 23.3 Å². The van der Waals surface area contributed by atoms with Crippen molar-refractivity contribution < 1.29 is 14.5 Å². The van der Waals surface area contributed by atoms with E-state index in [0.29, 0.717) is 24.3 Å². The summed E-state index contributed by atoms with van der Waals surface area (Å²) >= 11 is 3.32. The minimum Gasteiger partial charge on any atom is -0.337 e. The van der Waals surface area contributed by atoms with Gasteiger partial charge in [-0.2, -0.15) is 0 Å². The first-order valence-corrected chi connectivity index (χ1v) is 9.11. The lowest BCUT2D eigenvalue weighted by Crippen LogP contribution is -2.35. The highest BCUT2D eigenvalue weighted by Gasteiger charge is 2.26. The van der Waals surface area contributed by atoms with Gasteiger partial charge in [0.05, 0.1) is 10.6 Å². The number of hydrogen-bond acceptors (Lipinski definition) is 4. The van der Waals surface area contributed by atoms with E-state index in [1.807, 2.05) is 12.1 Å². The number of fused-ring (bicyclic) bond motifs is 1. The Kier molecular flexibility index (Phi) is 5.70. The van der Waals surface area contributed by atoms with Crippen LogP contribution in [0.5, 0.6) is 0 Å². The topological polar surface area (TPSA) is 105 Å². The second-order valence-electron chi connectivity index (χ2n) is 6.00. The van der Waals surface area contributed by atoms with E-state index in [-0.39, 0.29) is 24.6 Å². The number of nitrogens with zero attached hydrogens (tertiary/aromatic N) is 2. The van der Waals surface area contributed by atoms with E-state index in [2.05, 4.69) is 26.6 Å². The van der Waals surface area contributed by atoms with Gasteiger partial charge in [0.25, 0.3) is 5.69 Å². The van der Waals surface area contributed by atoms with Crippen molar-refractivity contribution in [3.8, 4) is 0 Å². The van der Waals surface area contributed by atoms with E-state index < -0.39 is 11.0 Å². The molecule has 1 aliphatic heterocycles. The summed E-state index contributed by atoms with van der Waals surface area (Å²) in [5.41, 5.74) is 2.09. The first-order chi connectivity index (χ1) is 12.9. The Morgan fingerprint density at radius 1 is 1.19 bits per heavy atom. The van der Waals surface area contributed by atoms with Crippen LogP contribution in [-0.4, -0.2) is 30.0 Å². The van der Waals surface area contributed by atoms with Crippen molar-refractivity contribution in [2.45, 2.75) is 12.8 Å². The zero-order chi connectivity index (χ0) is 19.4. The van der Waals surface area contributed by atoms with Crippen molar-refractivity contribution in [3.05, 3.63) is 62.6 Å². The fourth-order valence-electron chi connectivity index (χ4n) is 2.87. The van der Waals surface area contributed by atoms with Gasteiger partial charge in [-0.05, 0) is 36.2 Å². The lowest BCUT2D eigenvalue weighted by atomic mass is 10.1. The number of nitro benzene ring substituents is 1. The summed E-state index contributed by atoms with van der Waals surface area (Å²) in [7, 11) is 0. The molecule has 0 spiro atoms. The molecule has 0 aliphatic carbocycles. The smallest absolute Gasteiger partial charge is 0.319 e. The summed E-state index contributed by atoms with van der Waals surface area (Å²) in [6.45, 7) is 0.655. The molecule has 0 aromatic heterocycles. The lowest BCUT2D eigenvalue weighted by molar-refractivity contribution is -0.384. The third kappa shape index (κ3) is 4.62. The molecule has 0 bridgehead atoms. The van der Waals surface area contributed by atoms with Crippen LogP contribution in [0.25, 0.3) is 0 Å². The number of halogens is 1. The molecular formula is C18H17BrN4O4. The summed E-state index contributed by atoms with van der Waals surface area (Å²) < 4.78 is 0.908. The molecule has 2 aromatic carbocycles. The van der Waals surface area contributed by atoms with Crippen LogP contribution in [0.2, 0.25) is 0 Å². The Bertz CT molecular complexity index is 885. The number of non-ortho nitro benzene ring substituents is 1. The number of amides is 3. The number of benzene rings is 2. The highest BCUT2D eigenvalue weighted by Crippen LogP contribution is 2.31. The second-order valence-corrected chi connectivity index (χ2v) is 6.92. The van der Waals surface area contributed by atoms with Gasteiger partial charge in [0, 0.05) is 41.8 Å². The minimum absolute atomic E-state index is 0.0412. The average Bonchev–Trinajstić information content (AvgIpc) is 3.06. The van der Waals surface area contributed by atoms with Gasteiger partial charge in [0.1, 0.15) is 0 Å². The predicted octanol–water partition coefficient (Wildman–Crippen LogP) is 3.46. The van der Waals surface area contributed by atoms with Gasteiger partial charge in [-0.3, -0.25) is 14.9 Å². The van der Waals surface area contributed by atoms with Crippen LogP contribution in [-0.2, 0) is 11.2 Å². The lowest BCUT2D eigenvalue weighted by Gasteiger charge is -2.17. The fourth-order valence-corrected chi connectivity index (χ4v) is 3.13. The Hall–Kier alpha value is -2.94. The van der Waals surface area contributed by atoms with E-state index in [4.69, 9.17) is 0 Å². The number of hydrogen-bond donors (Lipinski definition) is 2. The van der Waals surface area contributed by atoms with Crippen molar-refractivity contribution in [2.24, 2.45) is 0 Å². The molecule has 0 saturated heterocycles. The molecule has 9 heteroatoms. The first kappa shape index (κ1) is 18.8. The Labute approximate surface area is 163 Å². The molecule has 2 N–H and O–H groups in total. The van der Waals surface area contributed by atoms with Crippen LogP contribution < -0.4 is 15.5 Å². The van der Waals surface area contributed by atoms with E-state index in [1.165, 1.54) is 17.0 Å². The standard InChI is InChI=1S/C18H17BrN4O4/c19-13-2-4-14(5-3-13)21-18(25)20-9-7-17(24)22-10-8-12-1-6-15(23(26)27)11-16(12)22/h1-6,11H,7-10H2,(H2,20,21,25). The van der Waals surface area contributed by atoms with Crippen LogP contribution in [0.1, 0.15) is 12.0 Å². The third-order valence-electron chi connectivity index (χ3n) is 4.20. The number of anilines is 2. The quantitative estimate of drug-likeness (QED) is 0.557. The molecule has 2 aromatic rings. The highest BCUT2D eigenvalue weighted by molar-refractivity contribution is 9.10. The predicted molar refractivity (Wildman–Crippen MR) is 105 cm³/mol. The molecule has 0 unspecified atom stereocenters. The molecule has 8 nitrogen and oxygen atoms in total. The van der Waals surface area contributed by atoms with Gasteiger partial charge in [0.15, 0.2) is 0 Å². The molecule has 3 rings (SSSR count). The Balaban J connectivity index is 1.52. The SMILES string of the molecule is O=C(NCCC(=O)N1CCc2ccc([N+](=O)[O-])cc21)Nc1ccc(Br)cc1. The summed E-state index contributed by atoms with van der Waals surface area (Å²) in [6.07, 6.45) is 0.770. The van der Waals surface area contributed by atoms with Crippen LogP contribution in [0.3, 0.4) is 0 Å². The zero-order valence-electron chi connectivity index (χ0n) is 14.3. The zero-order valence-corrected chi connectivity index (χ0v) is 15.9. The minimum atomic E-state index is -0.477. The van der Waals surface area contributed by atoms with Crippen LogP contribution in [0, 0.1) is 10.1 Å². The molecule has 0 radical (unpaired) electrons. The third-order valence-corrected chi connectivity index (χ3v) is 4.73. The molecule has 140 valence electrons. The number of nitrogens with one attached hydrogen (secondary N) is 2. The summed E-state index contributed by atoms with van der Waals surface area (Å²) in [5.74, 6) is -0.182. The maximum absolute atomic E-state index is 12.4. The molecule has 0 saturated carbocycles. The van der Waals surface area contributed by atoms with Gasteiger partial charge in [0.2, 0.25) is 5.91 Å². The van der Waals surface area contributed by atoms with Crippen LogP contribution in [0.4, 0.5) is 21.9 Å². The molecule has 0 fully saturated rings. The molecule has 27 heavy (non-hydrogen) atoms. The molecule has 1 heterocycles. The largest absolute Gasteiger partial charge is 0.337 e. The Morgan fingerprint density at radius 3 is 2.63 bits per heavy atom. The Morgan fingerprint density at radius 2 is 1.93 bits per heavy atom. The van der Waals surface area contributed by atoms with E-state index >= 15 is 0 Å². The van der Waals surface area contributed by atoms with Gasteiger partial charge in [-0.15, -0.1) is 0 Å². The summed E-state index contributed by atoms with van der Waals surface area (Å²) in [6, 6.07) is 11.3. The van der Waals surface area contributed by atoms with Gasteiger partial charge in [-0.25, -0.2) is 4.79 Å². The average molecular weight is 433 g/mol. The second kappa shape index (κ2) is 8.17. The van der Waals surface area contributed by atoms with Crippen molar-refractivity contribution in [1.82, 2.24) is 5.32 Å². The van der Waals surface area contributed by atoms with E-state index in [1.54, 1.807) is 18.2 Å². The molecule has 3 amide bonds. The number of nitro groups is 1. The highest BCUT2D eigenvalue weighted by atomic mass is 79.9. The number of carbonyl (C=O) groups is 2.